The molecule has 0 spiro atoms. The molecule has 0 radical (unpaired) electrons. The van der Waals surface area contributed by atoms with Crippen molar-refractivity contribution in [1.29, 1.82) is 0 Å². The van der Waals surface area contributed by atoms with Crippen LogP contribution in [-0.4, -0.2) is 21.7 Å². The quantitative estimate of drug-likeness (QED) is 0.213. The smallest absolute Gasteiger partial charge is 0.291 e. The SMILES string of the molecule is c1ccc(-c2nc(B3c4ccccc4-c4cc5oc6ccccc6c5cc4-c4ccccc43)nc(-c3ccccc3)n2)cc1. The van der Waals surface area contributed by atoms with Gasteiger partial charge in [-0.1, -0.05) is 138 Å². The number of rotatable bonds is 3. The molecule has 0 saturated carbocycles. The molecule has 6 aromatic carbocycles. The molecular formula is C39H24BN3O. The molecule has 44 heavy (non-hydrogen) atoms. The zero-order chi connectivity index (χ0) is 29.0. The van der Waals surface area contributed by atoms with Crippen molar-refractivity contribution in [1.82, 2.24) is 15.0 Å². The average Bonchev–Trinajstić information content (AvgIpc) is 3.41. The summed E-state index contributed by atoms with van der Waals surface area (Å²) in [5.74, 6) is 1.32. The van der Waals surface area contributed by atoms with E-state index in [1.165, 1.54) is 11.1 Å². The summed E-state index contributed by atoms with van der Waals surface area (Å²) in [7, 11) is 0. The maximum Gasteiger partial charge on any atom is 0.291 e. The Morgan fingerprint density at radius 3 is 1.57 bits per heavy atom. The standard InChI is InChI=1S/C39H24BN3O/c1-3-13-25(14-4-1)37-41-38(26-15-5-2-6-16-26)43-39(42-37)40-33-20-10-7-17-27(33)30-23-32-29-19-9-12-22-35(29)44-36(32)24-31(30)28-18-8-11-21-34(28)40/h1-24H. The Morgan fingerprint density at radius 2 is 0.932 bits per heavy atom. The fourth-order valence-corrected chi connectivity index (χ4v) is 6.60. The summed E-state index contributed by atoms with van der Waals surface area (Å²) in [6.45, 7) is -0.217. The Kier molecular flexibility index (Phi) is 5.57. The maximum atomic E-state index is 6.37. The van der Waals surface area contributed by atoms with E-state index < -0.39 is 0 Å². The van der Waals surface area contributed by atoms with E-state index in [0.29, 0.717) is 11.6 Å². The van der Waals surface area contributed by atoms with Gasteiger partial charge in [-0.25, -0.2) is 15.0 Å². The molecule has 4 nitrogen and oxygen atoms in total. The summed E-state index contributed by atoms with van der Waals surface area (Å²) in [6, 6.07) is 50.4. The molecular weight excluding hydrogens is 537 g/mol. The summed E-state index contributed by atoms with van der Waals surface area (Å²) < 4.78 is 6.37. The van der Waals surface area contributed by atoms with E-state index >= 15 is 0 Å². The van der Waals surface area contributed by atoms with Crippen molar-refractivity contribution < 1.29 is 4.42 Å². The van der Waals surface area contributed by atoms with Gasteiger partial charge in [-0.2, -0.15) is 0 Å². The number of furan rings is 1. The van der Waals surface area contributed by atoms with Gasteiger partial charge in [0.25, 0.3) is 6.71 Å². The molecule has 9 rings (SSSR count). The van der Waals surface area contributed by atoms with Gasteiger partial charge in [0.15, 0.2) is 11.6 Å². The second kappa shape index (κ2) is 9.89. The third kappa shape index (κ3) is 3.90. The molecule has 2 aromatic heterocycles. The molecule has 0 aliphatic carbocycles. The zero-order valence-electron chi connectivity index (χ0n) is 23.7. The van der Waals surface area contributed by atoms with Crippen LogP contribution >= 0.6 is 0 Å². The van der Waals surface area contributed by atoms with Crippen LogP contribution in [0, 0.1) is 0 Å². The molecule has 0 N–H and O–H groups in total. The van der Waals surface area contributed by atoms with E-state index in [2.05, 4.69) is 97.1 Å². The Hall–Kier alpha value is -5.81. The monoisotopic (exact) mass is 561 g/mol. The predicted molar refractivity (Wildman–Crippen MR) is 180 cm³/mol. The van der Waals surface area contributed by atoms with Gasteiger partial charge in [0.05, 0.1) is 0 Å². The number of nitrogens with zero attached hydrogens (tertiary/aromatic N) is 3. The lowest BCUT2D eigenvalue weighted by molar-refractivity contribution is 0.669. The summed E-state index contributed by atoms with van der Waals surface area (Å²) in [5, 5.41) is 2.23. The second-order valence-electron chi connectivity index (χ2n) is 11.2. The second-order valence-corrected chi connectivity index (χ2v) is 11.2. The Balaban J connectivity index is 1.35. The van der Waals surface area contributed by atoms with Crippen LogP contribution in [0.5, 0.6) is 0 Å². The molecule has 204 valence electrons. The topological polar surface area (TPSA) is 51.8 Å². The summed E-state index contributed by atoms with van der Waals surface area (Å²) in [4.78, 5) is 15.4. The van der Waals surface area contributed by atoms with E-state index in [9.17, 15) is 0 Å². The average molecular weight is 561 g/mol. The first kappa shape index (κ1) is 24.8. The number of aromatic nitrogens is 3. The van der Waals surface area contributed by atoms with E-state index in [4.69, 9.17) is 19.4 Å². The third-order valence-corrected chi connectivity index (χ3v) is 8.62. The van der Waals surface area contributed by atoms with E-state index in [1.807, 2.05) is 48.5 Å². The van der Waals surface area contributed by atoms with E-state index in [1.54, 1.807) is 0 Å². The van der Waals surface area contributed by atoms with Crippen LogP contribution in [0.3, 0.4) is 0 Å². The van der Waals surface area contributed by atoms with Gasteiger partial charge in [0.2, 0.25) is 0 Å². The van der Waals surface area contributed by atoms with Gasteiger partial charge in [0, 0.05) is 21.9 Å². The van der Waals surface area contributed by atoms with Gasteiger partial charge in [-0.15, -0.1) is 0 Å². The molecule has 0 atom stereocenters. The molecule has 1 aliphatic heterocycles. The van der Waals surface area contributed by atoms with E-state index in [-0.39, 0.29) is 6.71 Å². The number of para-hydroxylation sites is 1. The van der Waals surface area contributed by atoms with Crippen LogP contribution in [0.2, 0.25) is 0 Å². The van der Waals surface area contributed by atoms with Crippen molar-refractivity contribution in [3.8, 4) is 45.0 Å². The number of hydrogen-bond acceptors (Lipinski definition) is 4. The van der Waals surface area contributed by atoms with Gasteiger partial charge < -0.3 is 4.42 Å². The van der Waals surface area contributed by atoms with Crippen molar-refractivity contribution in [3.63, 3.8) is 0 Å². The van der Waals surface area contributed by atoms with Crippen molar-refractivity contribution >= 4 is 45.3 Å². The van der Waals surface area contributed by atoms with E-state index in [0.717, 1.165) is 60.8 Å². The van der Waals surface area contributed by atoms with Crippen LogP contribution in [0.25, 0.3) is 67.0 Å². The first-order chi connectivity index (χ1) is 21.8. The molecule has 8 aromatic rings. The lowest BCUT2D eigenvalue weighted by atomic mass is 9.38. The Labute approximate surface area is 254 Å². The van der Waals surface area contributed by atoms with Crippen LogP contribution < -0.4 is 16.6 Å². The Bertz CT molecular complexity index is 2290. The minimum absolute atomic E-state index is 0.217. The lowest BCUT2D eigenvalue weighted by Gasteiger charge is -2.18. The lowest BCUT2D eigenvalue weighted by Crippen LogP contribution is -2.55. The van der Waals surface area contributed by atoms with Crippen LogP contribution in [-0.2, 0) is 0 Å². The summed E-state index contributed by atoms with van der Waals surface area (Å²) >= 11 is 0. The minimum Gasteiger partial charge on any atom is -0.456 e. The van der Waals surface area contributed by atoms with Gasteiger partial charge >= 0.3 is 0 Å². The van der Waals surface area contributed by atoms with Crippen molar-refractivity contribution in [2.75, 3.05) is 0 Å². The highest BCUT2D eigenvalue weighted by Crippen LogP contribution is 2.40. The van der Waals surface area contributed by atoms with Gasteiger partial charge in [-0.05, 0) is 40.5 Å². The van der Waals surface area contributed by atoms with Crippen molar-refractivity contribution in [2.45, 2.75) is 0 Å². The van der Waals surface area contributed by atoms with Crippen LogP contribution in [0.15, 0.2) is 150 Å². The number of benzene rings is 6. The first-order valence-electron chi connectivity index (χ1n) is 14.8. The largest absolute Gasteiger partial charge is 0.456 e. The molecule has 0 bridgehead atoms. The zero-order valence-corrected chi connectivity index (χ0v) is 23.7. The molecule has 0 amide bonds. The minimum atomic E-state index is -0.217. The normalized spacial score (nSPS) is 12.0. The van der Waals surface area contributed by atoms with Gasteiger partial charge in [0.1, 0.15) is 16.9 Å². The molecule has 0 saturated heterocycles. The first-order valence-corrected chi connectivity index (χ1v) is 14.8. The highest BCUT2D eigenvalue weighted by Gasteiger charge is 2.35. The molecule has 0 fully saturated rings. The Morgan fingerprint density at radius 1 is 0.409 bits per heavy atom. The molecule has 0 unspecified atom stereocenters. The van der Waals surface area contributed by atoms with Crippen LogP contribution in [0.4, 0.5) is 0 Å². The van der Waals surface area contributed by atoms with Crippen molar-refractivity contribution in [3.05, 3.63) is 146 Å². The fourth-order valence-electron chi connectivity index (χ4n) is 6.60. The van der Waals surface area contributed by atoms with Crippen LogP contribution in [0.1, 0.15) is 0 Å². The molecule has 5 heteroatoms. The number of fused-ring (bicyclic) bond motifs is 8. The molecule has 1 aliphatic rings. The molecule has 3 heterocycles. The van der Waals surface area contributed by atoms with Crippen molar-refractivity contribution in [2.24, 2.45) is 0 Å². The van der Waals surface area contributed by atoms with Gasteiger partial charge in [-0.3, -0.25) is 0 Å². The third-order valence-electron chi connectivity index (χ3n) is 8.62. The predicted octanol–water partition coefficient (Wildman–Crippen LogP) is 7.27. The summed E-state index contributed by atoms with van der Waals surface area (Å²) in [6.07, 6.45) is 0. The fraction of sp³-hybridized carbons (Fsp3) is 0. The highest BCUT2D eigenvalue weighted by molar-refractivity contribution is 6.96. The summed E-state index contributed by atoms with van der Waals surface area (Å²) in [5.41, 5.74) is 11.4. The maximum absolute atomic E-state index is 6.37. The highest BCUT2D eigenvalue weighted by atomic mass is 16.3. The number of hydrogen-bond donors (Lipinski definition) is 0.